The standard InChI is InChI=1S/C22H17ClF3N7O2/c1-10-7-11(3-4-12(10)23)21(2)15-17(32-20(21)35)30-16(31-19(15)34)14-8-33-18(27-9-28-33)13(29-14)5-6-22(24,25)26/h3-4,7-9H,5-6H2,1-2H3,(H2,30,31,32,34,35). The molecule has 0 radical (unpaired) electrons. The molecule has 4 aromatic rings. The second-order valence-corrected chi connectivity index (χ2v) is 8.80. The Labute approximate surface area is 200 Å². The van der Waals surface area contributed by atoms with Gasteiger partial charge in [-0.25, -0.2) is 19.5 Å². The number of anilines is 1. The van der Waals surface area contributed by atoms with E-state index in [2.05, 4.69) is 30.4 Å². The molecule has 180 valence electrons. The van der Waals surface area contributed by atoms with Gasteiger partial charge in [-0.1, -0.05) is 23.7 Å². The van der Waals surface area contributed by atoms with Crippen LogP contribution in [0.15, 0.2) is 35.5 Å². The summed E-state index contributed by atoms with van der Waals surface area (Å²) in [6.45, 7) is 3.40. The highest BCUT2D eigenvalue weighted by molar-refractivity contribution is 6.31. The Bertz CT molecular complexity index is 1560. The van der Waals surface area contributed by atoms with Crippen LogP contribution < -0.4 is 10.9 Å². The van der Waals surface area contributed by atoms with Crippen molar-refractivity contribution < 1.29 is 18.0 Å². The van der Waals surface area contributed by atoms with Crippen molar-refractivity contribution in [1.29, 1.82) is 0 Å². The normalized spacial score (nSPS) is 17.6. The Balaban J connectivity index is 1.62. The Morgan fingerprint density at radius 1 is 1.20 bits per heavy atom. The zero-order valence-corrected chi connectivity index (χ0v) is 19.1. The predicted molar refractivity (Wildman–Crippen MR) is 120 cm³/mol. The molecule has 0 saturated carbocycles. The van der Waals surface area contributed by atoms with Crippen molar-refractivity contribution in [2.24, 2.45) is 0 Å². The molecule has 1 aliphatic heterocycles. The Kier molecular flexibility index (Phi) is 5.16. The van der Waals surface area contributed by atoms with Gasteiger partial charge in [-0.2, -0.15) is 18.3 Å². The summed E-state index contributed by atoms with van der Waals surface area (Å²) in [5.74, 6) is -0.438. The van der Waals surface area contributed by atoms with Gasteiger partial charge in [0.1, 0.15) is 23.3 Å². The molecular formula is C22H17ClF3N7O2. The number of nitrogens with zero attached hydrogens (tertiary/aromatic N) is 5. The molecule has 1 aromatic carbocycles. The maximum Gasteiger partial charge on any atom is 0.389 e. The molecule has 4 heterocycles. The molecule has 3 aromatic heterocycles. The van der Waals surface area contributed by atoms with Crippen molar-refractivity contribution in [1.82, 2.24) is 29.5 Å². The number of fused-ring (bicyclic) bond motifs is 2. The number of hydrogen-bond donors (Lipinski definition) is 2. The van der Waals surface area contributed by atoms with Gasteiger partial charge >= 0.3 is 6.18 Å². The summed E-state index contributed by atoms with van der Waals surface area (Å²) in [6, 6.07) is 5.06. The molecule has 0 saturated heterocycles. The number of benzene rings is 1. The lowest BCUT2D eigenvalue weighted by molar-refractivity contribution is -0.134. The number of aromatic amines is 1. The molecule has 1 aliphatic rings. The number of hydrogen-bond acceptors (Lipinski definition) is 6. The number of aryl methyl sites for hydroxylation is 2. The maximum absolute atomic E-state index is 13.2. The van der Waals surface area contributed by atoms with Crippen LogP contribution >= 0.6 is 11.6 Å². The third-order valence-corrected chi connectivity index (χ3v) is 6.48. The molecule has 1 amide bonds. The molecule has 0 fully saturated rings. The first-order valence-corrected chi connectivity index (χ1v) is 10.8. The lowest BCUT2D eigenvalue weighted by Crippen LogP contribution is -2.36. The summed E-state index contributed by atoms with van der Waals surface area (Å²) in [7, 11) is 0. The van der Waals surface area contributed by atoms with Crippen LogP contribution in [0.2, 0.25) is 5.02 Å². The van der Waals surface area contributed by atoms with Crippen LogP contribution in [0.25, 0.3) is 17.2 Å². The van der Waals surface area contributed by atoms with Crippen molar-refractivity contribution in [2.45, 2.75) is 38.3 Å². The number of carbonyl (C=O) groups excluding carboxylic acids is 1. The van der Waals surface area contributed by atoms with Crippen LogP contribution in [-0.2, 0) is 16.6 Å². The molecule has 13 heteroatoms. The molecule has 0 aliphatic carbocycles. The maximum atomic E-state index is 13.2. The third kappa shape index (κ3) is 3.83. The van der Waals surface area contributed by atoms with Crippen LogP contribution in [0.4, 0.5) is 19.0 Å². The van der Waals surface area contributed by atoms with E-state index >= 15 is 0 Å². The molecule has 1 unspecified atom stereocenters. The SMILES string of the molecule is Cc1cc(C2(C)C(=O)Nc3nc(-c4cn5ncnc5c(CCC(F)(F)F)n4)[nH]c(=O)c32)ccc1Cl. The van der Waals surface area contributed by atoms with Crippen LogP contribution in [0.3, 0.4) is 0 Å². The smallest absolute Gasteiger partial charge is 0.309 e. The second-order valence-electron chi connectivity index (χ2n) is 8.40. The molecule has 1 atom stereocenters. The average Bonchev–Trinajstić information content (AvgIpc) is 3.36. The first-order valence-electron chi connectivity index (χ1n) is 10.5. The highest BCUT2D eigenvalue weighted by atomic mass is 35.5. The Hall–Kier alpha value is -3.80. The van der Waals surface area contributed by atoms with Gasteiger partial charge in [0, 0.05) is 17.9 Å². The quantitative estimate of drug-likeness (QED) is 0.439. The number of nitrogens with one attached hydrogen (secondary N) is 2. The van der Waals surface area contributed by atoms with Crippen LogP contribution in [0, 0.1) is 6.92 Å². The van der Waals surface area contributed by atoms with Gasteiger partial charge in [-0.3, -0.25) is 9.59 Å². The van der Waals surface area contributed by atoms with Gasteiger partial charge in [0.15, 0.2) is 11.5 Å². The van der Waals surface area contributed by atoms with Crippen molar-refractivity contribution in [3.05, 3.63) is 68.5 Å². The third-order valence-electron chi connectivity index (χ3n) is 6.06. The number of carbonyl (C=O) groups is 1. The highest BCUT2D eigenvalue weighted by Gasteiger charge is 2.47. The summed E-state index contributed by atoms with van der Waals surface area (Å²) < 4.78 is 39.7. The Morgan fingerprint density at radius 2 is 1.97 bits per heavy atom. The van der Waals surface area contributed by atoms with Crippen LogP contribution in [0.5, 0.6) is 0 Å². The minimum absolute atomic E-state index is 0.0313. The summed E-state index contributed by atoms with van der Waals surface area (Å²) in [6.07, 6.45) is -3.34. The van der Waals surface area contributed by atoms with Gasteiger partial charge < -0.3 is 10.3 Å². The van der Waals surface area contributed by atoms with Gasteiger partial charge in [-0.05, 0) is 31.0 Å². The number of amides is 1. The minimum atomic E-state index is -4.39. The summed E-state index contributed by atoms with van der Waals surface area (Å²) in [5, 5.41) is 7.15. The Morgan fingerprint density at radius 3 is 2.69 bits per heavy atom. The topological polar surface area (TPSA) is 118 Å². The molecule has 35 heavy (non-hydrogen) atoms. The molecule has 0 spiro atoms. The number of H-pyrrole nitrogens is 1. The van der Waals surface area contributed by atoms with E-state index in [0.29, 0.717) is 10.6 Å². The van der Waals surface area contributed by atoms with Crippen molar-refractivity contribution in [3.63, 3.8) is 0 Å². The fourth-order valence-electron chi connectivity index (χ4n) is 4.16. The first kappa shape index (κ1) is 23.0. The van der Waals surface area contributed by atoms with E-state index in [1.165, 1.54) is 17.0 Å². The fourth-order valence-corrected chi connectivity index (χ4v) is 4.28. The first-order chi connectivity index (χ1) is 16.5. The number of halogens is 4. The van der Waals surface area contributed by atoms with E-state index in [9.17, 15) is 22.8 Å². The number of aromatic nitrogens is 6. The molecular weight excluding hydrogens is 487 g/mol. The van der Waals surface area contributed by atoms with E-state index in [1.54, 1.807) is 32.0 Å². The second kappa shape index (κ2) is 7.87. The molecule has 2 N–H and O–H groups in total. The predicted octanol–water partition coefficient (Wildman–Crippen LogP) is 3.59. The van der Waals surface area contributed by atoms with Crippen LogP contribution in [-0.4, -0.2) is 41.6 Å². The van der Waals surface area contributed by atoms with Crippen molar-refractivity contribution in [2.75, 3.05) is 5.32 Å². The highest BCUT2D eigenvalue weighted by Crippen LogP contribution is 2.41. The number of rotatable bonds is 4. The van der Waals surface area contributed by atoms with Crippen molar-refractivity contribution in [3.8, 4) is 11.5 Å². The minimum Gasteiger partial charge on any atom is -0.309 e. The monoisotopic (exact) mass is 503 g/mol. The van der Waals surface area contributed by atoms with E-state index in [1.807, 2.05) is 0 Å². The van der Waals surface area contributed by atoms with Gasteiger partial charge in [0.2, 0.25) is 5.91 Å². The summed E-state index contributed by atoms with van der Waals surface area (Å²) >= 11 is 6.12. The molecule has 0 bridgehead atoms. The number of alkyl halides is 3. The van der Waals surface area contributed by atoms with E-state index < -0.39 is 35.9 Å². The van der Waals surface area contributed by atoms with Crippen molar-refractivity contribution >= 4 is 29.0 Å². The molecule has 5 rings (SSSR count). The lowest BCUT2D eigenvalue weighted by atomic mass is 9.77. The zero-order chi connectivity index (χ0) is 25.1. The summed E-state index contributed by atoms with van der Waals surface area (Å²) in [5.41, 5.74) is -0.207. The van der Waals surface area contributed by atoms with E-state index in [-0.39, 0.29) is 34.2 Å². The largest absolute Gasteiger partial charge is 0.389 e. The van der Waals surface area contributed by atoms with Gasteiger partial charge in [-0.15, -0.1) is 0 Å². The fraction of sp³-hybridized carbons (Fsp3) is 0.273. The van der Waals surface area contributed by atoms with Crippen LogP contribution in [0.1, 0.15) is 35.7 Å². The van der Waals surface area contributed by atoms with E-state index in [4.69, 9.17) is 11.6 Å². The lowest BCUT2D eigenvalue weighted by Gasteiger charge is -2.22. The average molecular weight is 504 g/mol. The zero-order valence-electron chi connectivity index (χ0n) is 18.4. The van der Waals surface area contributed by atoms with Gasteiger partial charge in [0.25, 0.3) is 5.56 Å². The van der Waals surface area contributed by atoms with Gasteiger partial charge in [0.05, 0.1) is 17.5 Å². The summed E-state index contributed by atoms with van der Waals surface area (Å²) in [4.78, 5) is 41.5. The molecule has 9 nitrogen and oxygen atoms in total. The van der Waals surface area contributed by atoms with E-state index in [0.717, 1.165) is 5.56 Å².